The molecule has 0 heterocycles. The highest BCUT2D eigenvalue weighted by Gasteiger charge is 2.20. The molecule has 0 unspecified atom stereocenters. The zero-order valence-corrected chi connectivity index (χ0v) is 13.8. The molecule has 0 N–H and O–H groups in total. The number of ketones is 1. The van der Waals surface area contributed by atoms with Gasteiger partial charge in [0.1, 0.15) is 5.75 Å². The zero-order valence-electron chi connectivity index (χ0n) is 13.8. The van der Waals surface area contributed by atoms with Crippen LogP contribution in [0.4, 0.5) is 0 Å². The van der Waals surface area contributed by atoms with Gasteiger partial charge in [-0.1, -0.05) is 6.07 Å². The van der Waals surface area contributed by atoms with Crippen LogP contribution in [-0.4, -0.2) is 25.0 Å². The molecular weight excluding hydrogens is 292 g/mol. The molecule has 4 nitrogen and oxygen atoms in total. The molecule has 0 radical (unpaired) electrons. The Balaban J connectivity index is 2.07. The Morgan fingerprint density at radius 1 is 0.913 bits per heavy atom. The van der Waals surface area contributed by atoms with Crippen molar-refractivity contribution in [1.82, 2.24) is 0 Å². The van der Waals surface area contributed by atoms with Crippen molar-refractivity contribution in [1.29, 1.82) is 0 Å². The van der Waals surface area contributed by atoms with Gasteiger partial charge in [0.15, 0.2) is 6.10 Å². The summed E-state index contributed by atoms with van der Waals surface area (Å²) in [4.78, 5) is 24.5. The number of benzene rings is 2. The fourth-order valence-corrected chi connectivity index (χ4v) is 2.14. The number of carbonyl (C=O) groups is 2. The Morgan fingerprint density at radius 3 is 2.09 bits per heavy atom. The summed E-state index contributed by atoms with van der Waals surface area (Å²) >= 11 is 0. The van der Waals surface area contributed by atoms with Crippen LogP contribution in [0.2, 0.25) is 0 Å². The van der Waals surface area contributed by atoms with E-state index in [1.54, 1.807) is 50.4 Å². The highest BCUT2D eigenvalue weighted by Crippen LogP contribution is 2.16. The van der Waals surface area contributed by atoms with Gasteiger partial charge in [0.25, 0.3) is 0 Å². The number of ether oxygens (including phenoxy) is 2. The van der Waals surface area contributed by atoms with Crippen LogP contribution in [0.3, 0.4) is 0 Å². The summed E-state index contributed by atoms with van der Waals surface area (Å²) in [6.45, 7) is 5.48. The number of hydrogen-bond acceptors (Lipinski definition) is 4. The fraction of sp³-hybridized carbons (Fsp3) is 0.263. The maximum atomic E-state index is 12.3. The smallest absolute Gasteiger partial charge is 0.338 e. The standard InChI is InChI=1S/C19H20O4/c1-12-5-6-16(11-13(12)2)19(21)23-14(3)18(20)15-7-9-17(22-4)10-8-15/h5-11,14H,1-4H3/t14-/m0/s1. The van der Waals surface area contributed by atoms with Gasteiger partial charge in [-0.05, 0) is 68.3 Å². The van der Waals surface area contributed by atoms with Crippen LogP contribution < -0.4 is 4.74 Å². The second-order valence-corrected chi connectivity index (χ2v) is 5.44. The average Bonchev–Trinajstić information content (AvgIpc) is 2.56. The van der Waals surface area contributed by atoms with Crippen LogP contribution in [0.1, 0.15) is 38.8 Å². The molecule has 0 spiro atoms. The molecule has 0 saturated carbocycles. The number of aryl methyl sites for hydroxylation is 2. The van der Waals surface area contributed by atoms with Crippen molar-refractivity contribution in [2.24, 2.45) is 0 Å². The Morgan fingerprint density at radius 2 is 1.52 bits per heavy atom. The van der Waals surface area contributed by atoms with Crippen molar-refractivity contribution in [2.75, 3.05) is 7.11 Å². The monoisotopic (exact) mass is 312 g/mol. The summed E-state index contributed by atoms with van der Waals surface area (Å²) in [5, 5.41) is 0. The normalized spacial score (nSPS) is 11.7. The first-order valence-electron chi connectivity index (χ1n) is 7.39. The highest BCUT2D eigenvalue weighted by molar-refractivity contribution is 6.01. The molecular formula is C19H20O4. The lowest BCUT2D eigenvalue weighted by Crippen LogP contribution is -2.24. The summed E-state index contributed by atoms with van der Waals surface area (Å²) in [6.07, 6.45) is -0.850. The summed E-state index contributed by atoms with van der Waals surface area (Å²) in [6, 6.07) is 12.0. The van der Waals surface area contributed by atoms with E-state index in [0.717, 1.165) is 11.1 Å². The minimum absolute atomic E-state index is 0.246. The lowest BCUT2D eigenvalue weighted by molar-refractivity contribution is 0.0318. The first-order chi connectivity index (χ1) is 10.9. The molecule has 2 aromatic carbocycles. The van der Waals surface area contributed by atoms with Crippen molar-refractivity contribution in [2.45, 2.75) is 26.9 Å². The molecule has 0 aliphatic carbocycles. The van der Waals surface area contributed by atoms with Crippen molar-refractivity contribution in [3.8, 4) is 5.75 Å². The van der Waals surface area contributed by atoms with Gasteiger partial charge in [-0.2, -0.15) is 0 Å². The quantitative estimate of drug-likeness (QED) is 0.623. The molecule has 23 heavy (non-hydrogen) atoms. The first kappa shape index (κ1) is 16.7. The third kappa shape index (κ3) is 3.97. The molecule has 4 heteroatoms. The molecule has 0 aromatic heterocycles. The van der Waals surface area contributed by atoms with Crippen molar-refractivity contribution >= 4 is 11.8 Å². The van der Waals surface area contributed by atoms with E-state index in [-0.39, 0.29) is 5.78 Å². The molecule has 2 aromatic rings. The maximum absolute atomic E-state index is 12.3. The van der Waals surface area contributed by atoms with E-state index in [4.69, 9.17) is 9.47 Å². The van der Waals surface area contributed by atoms with E-state index in [0.29, 0.717) is 16.9 Å². The molecule has 0 aliphatic heterocycles. The number of methoxy groups -OCH3 is 1. The van der Waals surface area contributed by atoms with Gasteiger partial charge in [-0.25, -0.2) is 4.79 Å². The van der Waals surface area contributed by atoms with E-state index in [9.17, 15) is 9.59 Å². The largest absolute Gasteiger partial charge is 0.497 e. The van der Waals surface area contributed by atoms with Crippen LogP contribution in [0.25, 0.3) is 0 Å². The van der Waals surface area contributed by atoms with Crippen LogP contribution in [-0.2, 0) is 4.74 Å². The third-order valence-electron chi connectivity index (χ3n) is 3.77. The average molecular weight is 312 g/mol. The van der Waals surface area contributed by atoms with Gasteiger partial charge >= 0.3 is 5.97 Å². The minimum atomic E-state index is -0.850. The van der Waals surface area contributed by atoms with Crippen LogP contribution >= 0.6 is 0 Å². The van der Waals surface area contributed by atoms with E-state index < -0.39 is 12.1 Å². The number of carbonyl (C=O) groups excluding carboxylic acids is 2. The molecule has 0 amide bonds. The lowest BCUT2D eigenvalue weighted by Gasteiger charge is -2.13. The SMILES string of the molecule is COc1ccc(C(=O)[C@H](C)OC(=O)c2ccc(C)c(C)c2)cc1. The molecule has 120 valence electrons. The number of esters is 1. The van der Waals surface area contributed by atoms with Crippen molar-refractivity contribution in [3.63, 3.8) is 0 Å². The number of hydrogen-bond donors (Lipinski definition) is 0. The highest BCUT2D eigenvalue weighted by atomic mass is 16.5. The van der Waals surface area contributed by atoms with Crippen LogP contribution in [0.5, 0.6) is 5.75 Å². The molecule has 0 saturated heterocycles. The van der Waals surface area contributed by atoms with Crippen LogP contribution in [0, 0.1) is 13.8 Å². The van der Waals surface area contributed by atoms with E-state index in [2.05, 4.69) is 0 Å². The first-order valence-corrected chi connectivity index (χ1v) is 7.39. The summed E-state index contributed by atoms with van der Waals surface area (Å²) in [5.74, 6) is -0.0753. The second-order valence-electron chi connectivity index (χ2n) is 5.44. The van der Waals surface area contributed by atoms with Gasteiger partial charge in [-0.15, -0.1) is 0 Å². The van der Waals surface area contributed by atoms with E-state index >= 15 is 0 Å². The molecule has 0 fully saturated rings. The van der Waals surface area contributed by atoms with Gasteiger partial charge < -0.3 is 9.47 Å². The Kier molecular flexibility index (Phi) is 5.16. The predicted octanol–water partition coefficient (Wildman–Crippen LogP) is 3.74. The Bertz CT molecular complexity index is 717. The van der Waals surface area contributed by atoms with E-state index in [1.165, 1.54) is 0 Å². The van der Waals surface area contributed by atoms with Gasteiger partial charge in [-0.3, -0.25) is 4.79 Å². The van der Waals surface area contributed by atoms with Crippen molar-refractivity contribution < 1.29 is 19.1 Å². The second kappa shape index (κ2) is 7.09. The molecule has 2 rings (SSSR count). The van der Waals surface area contributed by atoms with Gasteiger partial charge in [0.05, 0.1) is 12.7 Å². The molecule has 0 aliphatic rings. The lowest BCUT2D eigenvalue weighted by atomic mass is 10.1. The molecule has 0 bridgehead atoms. The number of rotatable bonds is 5. The Hall–Kier alpha value is -2.62. The topological polar surface area (TPSA) is 52.6 Å². The minimum Gasteiger partial charge on any atom is -0.497 e. The summed E-state index contributed by atoms with van der Waals surface area (Å²) in [5.41, 5.74) is 3.03. The summed E-state index contributed by atoms with van der Waals surface area (Å²) < 4.78 is 10.3. The van der Waals surface area contributed by atoms with Gasteiger partial charge in [0, 0.05) is 5.56 Å². The van der Waals surface area contributed by atoms with E-state index in [1.807, 2.05) is 19.9 Å². The van der Waals surface area contributed by atoms with Crippen LogP contribution in [0.15, 0.2) is 42.5 Å². The van der Waals surface area contributed by atoms with Gasteiger partial charge in [0.2, 0.25) is 5.78 Å². The molecule has 1 atom stereocenters. The third-order valence-corrected chi connectivity index (χ3v) is 3.77. The maximum Gasteiger partial charge on any atom is 0.338 e. The summed E-state index contributed by atoms with van der Waals surface area (Å²) in [7, 11) is 1.56. The zero-order chi connectivity index (χ0) is 17.0. The fourth-order valence-electron chi connectivity index (χ4n) is 2.14. The predicted molar refractivity (Wildman–Crippen MR) is 88.1 cm³/mol. The Labute approximate surface area is 136 Å². The van der Waals surface area contributed by atoms with Crippen molar-refractivity contribution in [3.05, 3.63) is 64.7 Å². The number of Topliss-reactive ketones (excluding diaryl/α,β-unsaturated/α-hetero) is 1.